The Balaban J connectivity index is 1.12. The van der Waals surface area contributed by atoms with Gasteiger partial charge in [-0.05, 0) is 115 Å². The summed E-state index contributed by atoms with van der Waals surface area (Å²) in [7, 11) is 0. The summed E-state index contributed by atoms with van der Waals surface area (Å²) in [6.45, 7) is 0. The maximum atomic E-state index is 2.39. The van der Waals surface area contributed by atoms with E-state index in [0.29, 0.717) is 0 Å². The lowest BCUT2D eigenvalue weighted by Gasteiger charge is -2.26. The van der Waals surface area contributed by atoms with Crippen molar-refractivity contribution in [2.75, 3.05) is 4.90 Å². The van der Waals surface area contributed by atoms with Crippen LogP contribution >= 0.6 is 11.3 Å². The van der Waals surface area contributed by atoms with E-state index in [9.17, 15) is 0 Å². The fourth-order valence-corrected chi connectivity index (χ4v) is 8.67. The molecule has 0 bridgehead atoms. The van der Waals surface area contributed by atoms with Crippen molar-refractivity contribution < 1.29 is 0 Å². The standard InChI is InChI=1S/C48H31NS/c1-2-10-32(11-3-1)33-18-22-38(23-19-33)49(40-26-27-47-46(31-40)45-28-35-12-4-5-13-36(35)30-48(45)50-47)39-24-20-34(21-25-39)44-29-37-14-6-7-15-41(37)42-16-8-9-17-43(42)44/h1-31H. The highest BCUT2D eigenvalue weighted by Crippen LogP contribution is 2.43. The number of fused-ring (bicyclic) bond motifs is 7. The molecule has 2 heteroatoms. The Kier molecular flexibility index (Phi) is 6.75. The summed E-state index contributed by atoms with van der Waals surface area (Å²) in [5, 5.41) is 10.3. The number of rotatable bonds is 5. The van der Waals surface area contributed by atoms with Crippen molar-refractivity contribution in [2.45, 2.75) is 0 Å². The molecule has 0 fully saturated rings. The first kappa shape index (κ1) is 28.8. The third kappa shape index (κ3) is 4.84. The minimum absolute atomic E-state index is 1.12. The van der Waals surface area contributed by atoms with Crippen molar-refractivity contribution in [3.8, 4) is 22.3 Å². The topological polar surface area (TPSA) is 3.24 Å². The van der Waals surface area contributed by atoms with Gasteiger partial charge in [0.25, 0.3) is 0 Å². The molecular weight excluding hydrogens is 623 g/mol. The first-order chi connectivity index (χ1) is 24.8. The van der Waals surface area contributed by atoms with E-state index >= 15 is 0 Å². The Hall–Kier alpha value is -6.22. The van der Waals surface area contributed by atoms with Crippen LogP contribution in [-0.4, -0.2) is 0 Å². The van der Waals surface area contributed by atoms with Crippen molar-refractivity contribution in [1.29, 1.82) is 0 Å². The number of hydrogen-bond acceptors (Lipinski definition) is 2. The highest BCUT2D eigenvalue weighted by molar-refractivity contribution is 7.25. The van der Waals surface area contributed by atoms with E-state index in [-0.39, 0.29) is 0 Å². The summed E-state index contributed by atoms with van der Waals surface area (Å²) in [6.07, 6.45) is 0. The SMILES string of the molecule is c1ccc(-c2ccc(N(c3ccc(-c4cc5ccccc5c5ccccc45)cc3)c3ccc4sc5cc6ccccc6cc5c4c3)cc2)cc1. The molecule has 0 spiro atoms. The van der Waals surface area contributed by atoms with E-state index < -0.39 is 0 Å². The maximum absolute atomic E-state index is 2.39. The maximum Gasteiger partial charge on any atom is 0.0468 e. The van der Waals surface area contributed by atoms with E-state index in [0.717, 1.165) is 17.1 Å². The Bertz CT molecular complexity index is 2850. The average Bonchev–Trinajstić information content (AvgIpc) is 3.54. The van der Waals surface area contributed by atoms with E-state index in [1.165, 1.54) is 74.7 Å². The molecule has 0 saturated heterocycles. The van der Waals surface area contributed by atoms with Gasteiger partial charge in [0.2, 0.25) is 0 Å². The fraction of sp³-hybridized carbons (Fsp3) is 0. The van der Waals surface area contributed by atoms with Gasteiger partial charge in [-0.2, -0.15) is 0 Å². The minimum atomic E-state index is 1.12. The van der Waals surface area contributed by atoms with Crippen molar-refractivity contribution in [1.82, 2.24) is 0 Å². The molecule has 234 valence electrons. The van der Waals surface area contributed by atoms with Crippen LogP contribution in [0.1, 0.15) is 0 Å². The smallest absolute Gasteiger partial charge is 0.0468 e. The highest BCUT2D eigenvalue weighted by atomic mass is 32.1. The van der Waals surface area contributed by atoms with Crippen LogP contribution in [0.4, 0.5) is 17.1 Å². The summed E-state index contributed by atoms with van der Waals surface area (Å²) < 4.78 is 2.62. The molecule has 0 atom stereocenters. The van der Waals surface area contributed by atoms with Gasteiger partial charge in [0.15, 0.2) is 0 Å². The van der Waals surface area contributed by atoms with Crippen LogP contribution in [0.5, 0.6) is 0 Å². The molecule has 0 aliphatic carbocycles. The van der Waals surface area contributed by atoms with Gasteiger partial charge in [-0.3, -0.25) is 0 Å². The van der Waals surface area contributed by atoms with Gasteiger partial charge in [0.1, 0.15) is 0 Å². The molecular formula is C48H31NS. The van der Waals surface area contributed by atoms with Crippen LogP contribution < -0.4 is 4.90 Å². The third-order valence-electron chi connectivity index (χ3n) is 10.0. The average molecular weight is 654 g/mol. The van der Waals surface area contributed by atoms with E-state index in [4.69, 9.17) is 0 Å². The number of anilines is 3. The first-order valence-corrected chi connectivity index (χ1v) is 17.9. The van der Waals surface area contributed by atoms with Gasteiger partial charge in [-0.1, -0.05) is 127 Å². The van der Waals surface area contributed by atoms with Crippen LogP contribution in [0.25, 0.3) is 74.7 Å². The van der Waals surface area contributed by atoms with E-state index in [1.54, 1.807) is 0 Å². The van der Waals surface area contributed by atoms with Crippen LogP contribution in [-0.2, 0) is 0 Å². The number of thiophene rings is 1. The van der Waals surface area contributed by atoms with Crippen molar-refractivity contribution in [3.05, 3.63) is 188 Å². The summed E-state index contributed by atoms with van der Waals surface area (Å²) in [5.41, 5.74) is 8.27. The fourth-order valence-electron chi connectivity index (χ4n) is 7.55. The lowest BCUT2D eigenvalue weighted by atomic mass is 9.93. The second-order valence-corrected chi connectivity index (χ2v) is 14.0. The van der Waals surface area contributed by atoms with Crippen LogP contribution in [0, 0.1) is 0 Å². The molecule has 10 aromatic rings. The van der Waals surface area contributed by atoms with Crippen LogP contribution in [0.15, 0.2) is 188 Å². The zero-order valence-electron chi connectivity index (χ0n) is 27.3. The van der Waals surface area contributed by atoms with Gasteiger partial charge in [0, 0.05) is 37.2 Å². The Morgan fingerprint density at radius 3 is 1.58 bits per heavy atom. The molecule has 10 rings (SSSR count). The largest absolute Gasteiger partial charge is 0.310 e. The van der Waals surface area contributed by atoms with Crippen LogP contribution in [0.3, 0.4) is 0 Å². The Labute approximate surface area is 294 Å². The molecule has 1 heterocycles. The molecule has 0 aliphatic heterocycles. The van der Waals surface area contributed by atoms with E-state index in [2.05, 4.69) is 193 Å². The van der Waals surface area contributed by atoms with Gasteiger partial charge in [-0.25, -0.2) is 0 Å². The quantitative estimate of drug-likeness (QED) is 0.167. The summed E-state index contributed by atoms with van der Waals surface area (Å²) in [5.74, 6) is 0. The number of benzene rings is 9. The van der Waals surface area contributed by atoms with Gasteiger partial charge in [-0.15, -0.1) is 11.3 Å². The molecule has 0 amide bonds. The Morgan fingerprint density at radius 2 is 0.840 bits per heavy atom. The summed E-state index contributed by atoms with van der Waals surface area (Å²) >= 11 is 1.87. The predicted molar refractivity (Wildman–Crippen MR) is 217 cm³/mol. The second kappa shape index (κ2) is 11.7. The predicted octanol–water partition coefficient (Wildman–Crippen LogP) is 14.3. The van der Waals surface area contributed by atoms with Crippen LogP contribution in [0.2, 0.25) is 0 Å². The van der Waals surface area contributed by atoms with Gasteiger partial charge < -0.3 is 4.90 Å². The molecule has 0 aliphatic rings. The van der Waals surface area contributed by atoms with Crippen molar-refractivity contribution in [3.63, 3.8) is 0 Å². The molecule has 50 heavy (non-hydrogen) atoms. The first-order valence-electron chi connectivity index (χ1n) is 17.1. The monoisotopic (exact) mass is 653 g/mol. The third-order valence-corrected chi connectivity index (χ3v) is 11.2. The molecule has 0 unspecified atom stereocenters. The zero-order chi connectivity index (χ0) is 33.0. The summed E-state index contributed by atoms with van der Waals surface area (Å²) in [4.78, 5) is 2.39. The molecule has 0 radical (unpaired) electrons. The molecule has 1 aromatic heterocycles. The normalized spacial score (nSPS) is 11.6. The van der Waals surface area contributed by atoms with Crippen molar-refractivity contribution >= 4 is 80.9 Å². The van der Waals surface area contributed by atoms with Gasteiger partial charge >= 0.3 is 0 Å². The summed E-state index contributed by atoms with van der Waals surface area (Å²) in [6, 6.07) is 68.7. The van der Waals surface area contributed by atoms with E-state index in [1.807, 2.05) is 11.3 Å². The Morgan fingerprint density at radius 1 is 0.300 bits per heavy atom. The molecule has 0 saturated carbocycles. The molecule has 9 aromatic carbocycles. The molecule has 0 N–H and O–H groups in total. The van der Waals surface area contributed by atoms with Crippen molar-refractivity contribution in [2.24, 2.45) is 0 Å². The zero-order valence-corrected chi connectivity index (χ0v) is 28.1. The number of nitrogens with zero attached hydrogens (tertiary/aromatic N) is 1. The van der Waals surface area contributed by atoms with Gasteiger partial charge in [0.05, 0.1) is 0 Å². The highest BCUT2D eigenvalue weighted by Gasteiger charge is 2.17. The minimum Gasteiger partial charge on any atom is -0.310 e. The lowest BCUT2D eigenvalue weighted by molar-refractivity contribution is 1.29. The lowest BCUT2D eigenvalue weighted by Crippen LogP contribution is -2.09. The number of hydrogen-bond donors (Lipinski definition) is 0. The molecule has 1 nitrogen and oxygen atoms in total. The second-order valence-electron chi connectivity index (χ2n) is 13.0.